The molecule has 0 atom stereocenters. The predicted molar refractivity (Wildman–Crippen MR) is 156 cm³/mol. The average molecular weight is 511 g/mol. The molecule has 0 amide bonds. The minimum atomic E-state index is 1.12. The van der Waals surface area contributed by atoms with Gasteiger partial charge in [-0.05, 0) is 61.1 Å². The van der Waals surface area contributed by atoms with Crippen molar-refractivity contribution in [3.63, 3.8) is 0 Å². The van der Waals surface area contributed by atoms with E-state index in [1.54, 1.807) is 0 Å². The zero-order valence-corrected chi connectivity index (χ0v) is 21.8. The second-order valence-corrected chi connectivity index (χ2v) is 13.3. The molecular weight excluding hydrogens is 489 g/mol. The van der Waals surface area contributed by atoms with Gasteiger partial charge >= 0.3 is 0 Å². The highest BCUT2D eigenvalue weighted by Gasteiger charge is 2.15. The van der Waals surface area contributed by atoms with Gasteiger partial charge in [0.05, 0.1) is 9.40 Å². The van der Waals surface area contributed by atoms with E-state index in [-0.39, 0.29) is 0 Å². The quantitative estimate of drug-likeness (QED) is 0.209. The Morgan fingerprint density at radius 3 is 1.29 bits per heavy atom. The summed E-state index contributed by atoms with van der Waals surface area (Å²) in [6.45, 7) is 0. The Bertz CT molecular complexity index is 1610. The van der Waals surface area contributed by atoms with Gasteiger partial charge in [0.2, 0.25) is 0 Å². The van der Waals surface area contributed by atoms with Gasteiger partial charge in [0.1, 0.15) is 0 Å². The Hall–Kier alpha value is -2.50. The lowest BCUT2D eigenvalue weighted by molar-refractivity contribution is 0.982. The lowest BCUT2D eigenvalue weighted by Gasteiger charge is -1.99. The van der Waals surface area contributed by atoms with E-state index in [1.807, 2.05) is 45.3 Å². The Kier molecular flexibility index (Phi) is 5.28. The number of hydrogen-bond donors (Lipinski definition) is 0. The molecule has 0 radical (unpaired) electrons. The third-order valence-electron chi connectivity index (χ3n) is 6.51. The minimum Gasteiger partial charge on any atom is -0.139 e. The highest BCUT2D eigenvalue weighted by Crippen LogP contribution is 2.46. The van der Waals surface area contributed by atoms with Crippen LogP contribution in [0.4, 0.5) is 0 Å². The molecule has 4 heteroatoms. The van der Waals surface area contributed by atoms with Crippen molar-refractivity contribution in [2.45, 2.75) is 25.7 Å². The van der Waals surface area contributed by atoms with Gasteiger partial charge in [-0.15, -0.1) is 45.3 Å². The van der Waals surface area contributed by atoms with Gasteiger partial charge in [-0.1, -0.05) is 60.7 Å². The van der Waals surface area contributed by atoms with Crippen LogP contribution in [0.2, 0.25) is 0 Å². The summed E-state index contributed by atoms with van der Waals surface area (Å²) < 4.78 is 8.72. The SMILES string of the molecule is c1ccc(CCc2cc3sc4cc5c(cc4c3s2)sc2cc(CCc3ccccc3)sc25)cc1. The largest absolute Gasteiger partial charge is 0.139 e. The summed E-state index contributed by atoms with van der Waals surface area (Å²) in [6, 6.07) is 31.5. The first kappa shape index (κ1) is 20.8. The maximum absolute atomic E-state index is 2.46. The van der Waals surface area contributed by atoms with Crippen molar-refractivity contribution in [2.75, 3.05) is 0 Å². The third kappa shape index (κ3) is 3.79. The van der Waals surface area contributed by atoms with Crippen LogP contribution in [-0.2, 0) is 25.7 Å². The molecule has 0 saturated heterocycles. The van der Waals surface area contributed by atoms with Gasteiger partial charge < -0.3 is 0 Å². The van der Waals surface area contributed by atoms with Crippen LogP contribution in [0.25, 0.3) is 39.0 Å². The van der Waals surface area contributed by atoms with Gasteiger partial charge in [0.25, 0.3) is 0 Å². The Morgan fingerprint density at radius 2 is 0.853 bits per heavy atom. The summed E-state index contributed by atoms with van der Waals surface area (Å²) in [5, 5.41) is 2.89. The molecule has 7 rings (SSSR count). The smallest absolute Gasteiger partial charge is 0.0532 e. The lowest BCUT2D eigenvalue weighted by Crippen LogP contribution is -1.87. The van der Waals surface area contributed by atoms with E-state index in [0.29, 0.717) is 0 Å². The maximum atomic E-state index is 2.46. The standard InChI is InChI=1S/C30H22S4/c1-3-7-19(8-4-1)11-13-21-15-27-29(31-21)23-17-26-24(18-25(23)33-27)30-28(34-26)16-22(32-30)14-12-20-9-5-2-6-10-20/h1-10,15-18H,11-14H2. The molecule has 166 valence electrons. The van der Waals surface area contributed by atoms with Crippen LogP contribution in [-0.4, -0.2) is 0 Å². The highest BCUT2D eigenvalue weighted by molar-refractivity contribution is 7.34. The molecule has 0 aliphatic rings. The van der Waals surface area contributed by atoms with Crippen molar-refractivity contribution in [3.05, 3.63) is 106 Å². The number of rotatable bonds is 6. The van der Waals surface area contributed by atoms with E-state index in [2.05, 4.69) is 84.9 Å². The molecular formula is C30H22S4. The maximum Gasteiger partial charge on any atom is 0.0532 e. The van der Waals surface area contributed by atoms with E-state index in [9.17, 15) is 0 Å². The van der Waals surface area contributed by atoms with Crippen molar-refractivity contribution in [2.24, 2.45) is 0 Å². The highest BCUT2D eigenvalue weighted by atomic mass is 32.1. The topological polar surface area (TPSA) is 0 Å². The van der Waals surface area contributed by atoms with Crippen LogP contribution >= 0.6 is 45.3 Å². The van der Waals surface area contributed by atoms with Gasteiger partial charge in [0.15, 0.2) is 0 Å². The van der Waals surface area contributed by atoms with Crippen molar-refractivity contribution in [1.82, 2.24) is 0 Å². The van der Waals surface area contributed by atoms with E-state index >= 15 is 0 Å². The van der Waals surface area contributed by atoms with Crippen LogP contribution < -0.4 is 0 Å². The van der Waals surface area contributed by atoms with Crippen molar-refractivity contribution in [1.29, 1.82) is 0 Å². The Labute approximate surface area is 214 Å². The summed E-state index contributed by atoms with van der Waals surface area (Å²) >= 11 is 7.92. The lowest BCUT2D eigenvalue weighted by atomic mass is 10.1. The van der Waals surface area contributed by atoms with E-state index < -0.39 is 0 Å². The fourth-order valence-corrected chi connectivity index (χ4v) is 9.88. The second kappa shape index (κ2) is 8.62. The third-order valence-corrected chi connectivity index (χ3v) is 11.4. The van der Waals surface area contributed by atoms with Crippen LogP contribution in [0.1, 0.15) is 20.9 Å². The van der Waals surface area contributed by atoms with E-state index in [4.69, 9.17) is 0 Å². The van der Waals surface area contributed by atoms with Crippen molar-refractivity contribution >= 4 is 84.3 Å². The molecule has 0 unspecified atom stereocenters. The van der Waals surface area contributed by atoms with Crippen LogP contribution in [0, 0.1) is 0 Å². The predicted octanol–water partition coefficient (Wildman–Crippen LogP) is 10.1. The van der Waals surface area contributed by atoms with Gasteiger partial charge in [-0.2, -0.15) is 0 Å². The summed E-state index contributed by atoms with van der Waals surface area (Å²) in [5.74, 6) is 0. The normalized spacial score (nSPS) is 12.0. The van der Waals surface area contributed by atoms with E-state index in [1.165, 1.54) is 59.9 Å². The Morgan fingerprint density at radius 1 is 0.412 bits per heavy atom. The first-order valence-corrected chi connectivity index (χ1v) is 14.9. The molecule has 0 bridgehead atoms. The molecule has 0 fully saturated rings. The minimum absolute atomic E-state index is 1.12. The molecule has 4 aromatic heterocycles. The van der Waals surface area contributed by atoms with Crippen molar-refractivity contribution in [3.8, 4) is 0 Å². The number of thiophene rings is 4. The molecule has 0 aliphatic heterocycles. The monoisotopic (exact) mass is 510 g/mol. The van der Waals surface area contributed by atoms with E-state index in [0.717, 1.165) is 25.7 Å². The van der Waals surface area contributed by atoms with Gasteiger partial charge in [0, 0.05) is 39.3 Å². The molecule has 0 N–H and O–H groups in total. The first-order valence-electron chi connectivity index (χ1n) is 11.7. The fraction of sp³-hybridized carbons (Fsp3) is 0.133. The summed E-state index contributed by atoms with van der Waals surface area (Å²) in [5.41, 5.74) is 2.85. The molecule has 0 spiro atoms. The molecule has 4 heterocycles. The van der Waals surface area contributed by atoms with Crippen LogP contribution in [0.5, 0.6) is 0 Å². The average Bonchev–Trinajstić information content (AvgIpc) is 3.61. The zero-order chi connectivity index (χ0) is 22.5. The van der Waals surface area contributed by atoms with Crippen LogP contribution in [0.15, 0.2) is 84.9 Å². The molecule has 3 aromatic carbocycles. The summed E-state index contributed by atoms with van der Waals surface area (Å²) in [4.78, 5) is 3.00. The Balaban J connectivity index is 1.19. The molecule has 0 nitrogen and oxygen atoms in total. The van der Waals surface area contributed by atoms with Crippen molar-refractivity contribution < 1.29 is 0 Å². The number of fused-ring (bicyclic) bond motifs is 6. The molecule has 0 saturated carbocycles. The number of benzene rings is 3. The number of hydrogen-bond acceptors (Lipinski definition) is 4. The first-order chi connectivity index (χ1) is 16.8. The van der Waals surface area contributed by atoms with Gasteiger partial charge in [-0.25, -0.2) is 0 Å². The van der Waals surface area contributed by atoms with Gasteiger partial charge in [-0.3, -0.25) is 0 Å². The molecule has 0 aliphatic carbocycles. The number of aryl methyl sites for hydroxylation is 4. The van der Waals surface area contributed by atoms with Crippen LogP contribution in [0.3, 0.4) is 0 Å². The summed E-state index contributed by atoms with van der Waals surface area (Å²) in [7, 11) is 0. The zero-order valence-electron chi connectivity index (χ0n) is 18.5. The summed E-state index contributed by atoms with van der Waals surface area (Å²) in [6.07, 6.45) is 4.48. The second-order valence-electron chi connectivity index (χ2n) is 8.83. The molecule has 7 aromatic rings. The fourth-order valence-electron chi connectivity index (χ4n) is 4.76. The molecule has 34 heavy (non-hydrogen) atoms.